The molecule has 0 fully saturated rings. The second kappa shape index (κ2) is 7.94. The van der Waals surface area contributed by atoms with Crippen LogP contribution in [0.3, 0.4) is 0 Å². The van der Waals surface area contributed by atoms with Gasteiger partial charge in [0, 0.05) is 16.3 Å². The molecule has 0 unspecified atom stereocenters. The minimum Gasteiger partial charge on any atom is -0.451 e. The molecule has 2 N–H and O–H groups in total. The van der Waals surface area contributed by atoms with Crippen molar-refractivity contribution in [2.24, 2.45) is 0 Å². The maximum atomic E-state index is 12.4. The van der Waals surface area contributed by atoms with Gasteiger partial charge in [-0.3, -0.25) is 10.1 Å². The molecule has 1 aromatic heterocycles. The summed E-state index contributed by atoms with van der Waals surface area (Å²) >= 11 is 11.2. The summed E-state index contributed by atoms with van der Waals surface area (Å²) in [6.45, 7) is 6.01. The number of hydrogen-bond donors (Lipinski definition) is 2. The lowest BCUT2D eigenvalue weighted by Gasteiger charge is -2.11. The topological polar surface area (TPSA) is 54.3 Å². The number of furan rings is 1. The lowest BCUT2D eigenvalue weighted by Crippen LogP contribution is -2.34. The quantitative estimate of drug-likeness (QED) is 0.559. The molecule has 0 radical (unpaired) electrons. The highest BCUT2D eigenvalue weighted by atomic mass is 35.5. The van der Waals surface area contributed by atoms with E-state index in [1.54, 1.807) is 24.3 Å². The molecule has 0 atom stereocenters. The Morgan fingerprint density at radius 3 is 2.44 bits per heavy atom. The van der Waals surface area contributed by atoms with Crippen molar-refractivity contribution in [2.45, 2.75) is 20.8 Å². The van der Waals surface area contributed by atoms with Crippen LogP contribution in [-0.4, -0.2) is 11.0 Å². The maximum Gasteiger partial charge on any atom is 0.293 e. The standard InChI is InChI=1S/C21H19ClN2O2S/c1-12-4-6-15(10-14(12)3)18-8-9-19(26-18)20(25)24-21(27)23-17-11-16(22)7-5-13(17)2/h4-11H,1-3H3,(H2,23,24,25,27). The number of aryl methyl sites for hydroxylation is 3. The van der Waals surface area contributed by atoms with Gasteiger partial charge < -0.3 is 9.73 Å². The summed E-state index contributed by atoms with van der Waals surface area (Å²) < 4.78 is 5.70. The van der Waals surface area contributed by atoms with Crippen molar-refractivity contribution in [3.63, 3.8) is 0 Å². The van der Waals surface area contributed by atoms with Crippen LogP contribution in [0.2, 0.25) is 5.02 Å². The molecule has 4 nitrogen and oxygen atoms in total. The number of benzene rings is 2. The number of thiocarbonyl (C=S) groups is 1. The minimum atomic E-state index is -0.415. The van der Waals surface area contributed by atoms with E-state index >= 15 is 0 Å². The van der Waals surface area contributed by atoms with Gasteiger partial charge in [0.1, 0.15) is 5.76 Å². The second-order valence-electron chi connectivity index (χ2n) is 6.33. The van der Waals surface area contributed by atoms with Crippen LogP contribution in [0.4, 0.5) is 5.69 Å². The van der Waals surface area contributed by atoms with Crippen molar-refractivity contribution in [2.75, 3.05) is 5.32 Å². The zero-order valence-corrected chi connectivity index (χ0v) is 16.8. The minimum absolute atomic E-state index is 0.175. The fourth-order valence-electron chi connectivity index (χ4n) is 2.56. The molecule has 2 aromatic carbocycles. The third-order valence-corrected chi connectivity index (χ3v) is 4.74. The van der Waals surface area contributed by atoms with E-state index in [0.29, 0.717) is 10.8 Å². The molecular weight excluding hydrogens is 380 g/mol. The van der Waals surface area contributed by atoms with E-state index in [-0.39, 0.29) is 10.9 Å². The van der Waals surface area contributed by atoms with Gasteiger partial charge in [-0.15, -0.1) is 0 Å². The third-order valence-electron chi connectivity index (χ3n) is 4.30. The highest BCUT2D eigenvalue weighted by molar-refractivity contribution is 7.80. The zero-order valence-electron chi connectivity index (χ0n) is 15.2. The van der Waals surface area contributed by atoms with E-state index in [1.165, 1.54) is 5.56 Å². The summed E-state index contributed by atoms with van der Waals surface area (Å²) in [5.41, 5.74) is 5.00. The van der Waals surface area contributed by atoms with Gasteiger partial charge in [0.15, 0.2) is 10.9 Å². The van der Waals surface area contributed by atoms with Gasteiger partial charge in [0.2, 0.25) is 0 Å². The number of carbonyl (C=O) groups excluding carboxylic acids is 1. The van der Waals surface area contributed by atoms with Gasteiger partial charge in [-0.25, -0.2) is 0 Å². The molecule has 1 amide bonds. The van der Waals surface area contributed by atoms with E-state index in [0.717, 1.165) is 22.4 Å². The van der Waals surface area contributed by atoms with Crippen LogP contribution in [0.25, 0.3) is 11.3 Å². The van der Waals surface area contributed by atoms with Crippen molar-refractivity contribution in [1.29, 1.82) is 0 Å². The van der Waals surface area contributed by atoms with Gasteiger partial charge in [-0.1, -0.05) is 29.8 Å². The Morgan fingerprint density at radius 2 is 1.70 bits per heavy atom. The van der Waals surface area contributed by atoms with E-state index in [9.17, 15) is 4.79 Å². The molecule has 0 bridgehead atoms. The molecule has 6 heteroatoms. The van der Waals surface area contributed by atoms with Gasteiger partial charge in [0.05, 0.1) is 0 Å². The van der Waals surface area contributed by atoms with Crippen LogP contribution < -0.4 is 10.6 Å². The lowest BCUT2D eigenvalue weighted by atomic mass is 10.1. The summed E-state index contributed by atoms with van der Waals surface area (Å²) in [6.07, 6.45) is 0. The van der Waals surface area contributed by atoms with Crippen molar-refractivity contribution in [3.05, 3.63) is 76.0 Å². The van der Waals surface area contributed by atoms with Gasteiger partial charge >= 0.3 is 0 Å². The molecule has 0 spiro atoms. The Bertz CT molecular complexity index is 1030. The molecule has 138 valence electrons. The Morgan fingerprint density at radius 1 is 0.963 bits per heavy atom. The SMILES string of the molecule is Cc1ccc(-c2ccc(C(=O)NC(=S)Nc3cc(Cl)ccc3C)o2)cc1C. The second-order valence-corrected chi connectivity index (χ2v) is 7.18. The number of hydrogen-bond acceptors (Lipinski definition) is 3. The molecular formula is C21H19ClN2O2S. The maximum absolute atomic E-state index is 12.4. The Labute approximate surface area is 168 Å². The Kier molecular flexibility index (Phi) is 5.63. The number of anilines is 1. The number of carbonyl (C=O) groups is 1. The average Bonchev–Trinajstić information content (AvgIpc) is 3.11. The van der Waals surface area contributed by atoms with Crippen LogP contribution in [0.5, 0.6) is 0 Å². The first-order valence-corrected chi connectivity index (χ1v) is 9.18. The fourth-order valence-corrected chi connectivity index (χ4v) is 2.93. The third kappa shape index (κ3) is 4.56. The number of rotatable bonds is 3. The van der Waals surface area contributed by atoms with E-state index in [1.807, 2.05) is 38.1 Å². The van der Waals surface area contributed by atoms with Crippen LogP contribution in [0, 0.1) is 20.8 Å². The number of nitrogens with one attached hydrogen (secondary N) is 2. The van der Waals surface area contributed by atoms with Crippen molar-refractivity contribution in [3.8, 4) is 11.3 Å². The molecule has 0 aliphatic carbocycles. The average molecular weight is 399 g/mol. The van der Waals surface area contributed by atoms with E-state index < -0.39 is 5.91 Å². The van der Waals surface area contributed by atoms with Crippen molar-refractivity contribution in [1.82, 2.24) is 5.32 Å². The van der Waals surface area contributed by atoms with E-state index in [4.69, 9.17) is 28.2 Å². The molecule has 0 aliphatic rings. The smallest absolute Gasteiger partial charge is 0.293 e. The van der Waals surface area contributed by atoms with E-state index in [2.05, 4.69) is 17.6 Å². The largest absolute Gasteiger partial charge is 0.451 e. The molecule has 3 aromatic rings. The van der Waals surface area contributed by atoms with Crippen LogP contribution in [-0.2, 0) is 0 Å². The monoisotopic (exact) mass is 398 g/mol. The highest BCUT2D eigenvalue weighted by Gasteiger charge is 2.14. The molecule has 3 rings (SSSR count). The van der Waals surface area contributed by atoms with Gasteiger partial charge in [-0.2, -0.15) is 0 Å². The molecule has 0 aliphatic heterocycles. The predicted octanol–water partition coefficient (Wildman–Crippen LogP) is 5.65. The van der Waals surface area contributed by atoms with Crippen molar-refractivity contribution < 1.29 is 9.21 Å². The first-order valence-electron chi connectivity index (χ1n) is 8.39. The van der Waals surface area contributed by atoms with Crippen LogP contribution in [0.15, 0.2) is 52.9 Å². The lowest BCUT2D eigenvalue weighted by molar-refractivity contribution is 0.0951. The summed E-state index contributed by atoms with van der Waals surface area (Å²) in [4.78, 5) is 12.4. The zero-order chi connectivity index (χ0) is 19.6. The molecule has 1 heterocycles. The first-order chi connectivity index (χ1) is 12.8. The van der Waals surface area contributed by atoms with Crippen molar-refractivity contribution >= 4 is 40.5 Å². The summed E-state index contributed by atoms with van der Waals surface area (Å²) in [5.74, 6) is 0.408. The summed E-state index contributed by atoms with van der Waals surface area (Å²) in [6, 6.07) is 14.8. The number of amides is 1. The summed E-state index contributed by atoms with van der Waals surface area (Å²) in [7, 11) is 0. The Balaban J connectivity index is 1.69. The van der Waals surface area contributed by atoms with Crippen LogP contribution >= 0.6 is 23.8 Å². The summed E-state index contributed by atoms with van der Waals surface area (Å²) in [5, 5.41) is 6.36. The Hall–Kier alpha value is -2.63. The van der Waals surface area contributed by atoms with Gasteiger partial charge in [-0.05, 0) is 80.0 Å². The normalized spacial score (nSPS) is 10.5. The first kappa shape index (κ1) is 19.1. The van der Waals surface area contributed by atoms with Crippen LogP contribution in [0.1, 0.15) is 27.2 Å². The van der Waals surface area contributed by atoms with Gasteiger partial charge in [0.25, 0.3) is 5.91 Å². The predicted molar refractivity (Wildman–Crippen MR) is 113 cm³/mol. The molecule has 0 saturated heterocycles. The molecule has 0 saturated carbocycles. The highest BCUT2D eigenvalue weighted by Crippen LogP contribution is 2.24. The number of halogens is 1. The fraction of sp³-hybridized carbons (Fsp3) is 0.143. The molecule has 27 heavy (non-hydrogen) atoms.